The van der Waals surface area contributed by atoms with Crippen LogP contribution in [0.1, 0.15) is 11.3 Å². The molecule has 0 saturated carbocycles. The molecular weight excluding hydrogens is 358 g/mol. The third kappa shape index (κ3) is 4.60. The highest BCUT2D eigenvalue weighted by Crippen LogP contribution is 2.20. The van der Waals surface area contributed by atoms with Crippen LogP contribution >= 0.6 is 11.3 Å². The number of carbonyl (C=O) groups excluding carboxylic acids is 1. The lowest BCUT2D eigenvalue weighted by Crippen LogP contribution is -2.35. The van der Waals surface area contributed by atoms with Crippen molar-refractivity contribution in [2.45, 2.75) is 6.54 Å². The molecule has 2 aromatic carbocycles. The number of anilines is 1. The van der Waals surface area contributed by atoms with Crippen LogP contribution in [-0.4, -0.2) is 42.1 Å². The number of hydrogen-bond acceptors (Lipinski definition) is 5. The monoisotopic (exact) mass is 379 g/mol. The maximum Gasteiger partial charge on any atom is 0.250 e. The summed E-state index contributed by atoms with van der Waals surface area (Å²) in [6.45, 7) is 4.18. The Labute approximate surface area is 162 Å². The Bertz CT molecular complexity index is 955. The number of hydrogen-bond donors (Lipinski definition) is 1. The summed E-state index contributed by atoms with van der Waals surface area (Å²) in [5.74, 6) is -0.171. The van der Waals surface area contributed by atoms with Crippen LogP contribution in [0.4, 0.5) is 5.13 Å². The number of nitrogens with zero attached hydrogens (tertiary/aromatic N) is 2. The zero-order valence-corrected chi connectivity index (χ0v) is 15.7. The van der Waals surface area contributed by atoms with Crippen LogP contribution in [0.3, 0.4) is 0 Å². The second-order valence-corrected chi connectivity index (χ2v) is 7.28. The van der Waals surface area contributed by atoms with Gasteiger partial charge in [0, 0.05) is 31.1 Å². The average Bonchev–Trinajstić information content (AvgIpc) is 3.13. The third-order valence-electron chi connectivity index (χ3n) is 4.51. The maximum absolute atomic E-state index is 12.3. The molecule has 5 nitrogen and oxygen atoms in total. The van der Waals surface area contributed by atoms with E-state index in [1.807, 2.05) is 35.7 Å². The third-order valence-corrected chi connectivity index (χ3v) is 5.32. The lowest BCUT2D eigenvalue weighted by atomic mass is 10.0. The quantitative estimate of drug-likeness (QED) is 0.686. The van der Waals surface area contributed by atoms with Crippen molar-refractivity contribution >= 4 is 39.2 Å². The minimum absolute atomic E-state index is 0.171. The Kier molecular flexibility index (Phi) is 5.58. The number of morpholine rings is 1. The lowest BCUT2D eigenvalue weighted by Gasteiger charge is -2.25. The molecule has 1 fully saturated rings. The van der Waals surface area contributed by atoms with E-state index in [0.29, 0.717) is 5.13 Å². The first-order chi connectivity index (χ1) is 13.3. The molecule has 0 radical (unpaired) electrons. The van der Waals surface area contributed by atoms with E-state index >= 15 is 0 Å². The van der Waals surface area contributed by atoms with Crippen LogP contribution in [0.15, 0.2) is 53.9 Å². The molecular formula is C21H21N3O2S. The van der Waals surface area contributed by atoms with Crippen molar-refractivity contribution in [2.24, 2.45) is 0 Å². The van der Waals surface area contributed by atoms with Gasteiger partial charge < -0.3 is 4.74 Å². The van der Waals surface area contributed by atoms with Crippen molar-refractivity contribution in [3.8, 4) is 0 Å². The number of nitrogens with one attached hydrogen (secondary N) is 1. The number of fused-ring (bicyclic) bond motifs is 1. The molecule has 27 heavy (non-hydrogen) atoms. The van der Waals surface area contributed by atoms with Crippen molar-refractivity contribution < 1.29 is 9.53 Å². The predicted octanol–water partition coefficient (Wildman–Crippen LogP) is 3.78. The van der Waals surface area contributed by atoms with Crippen LogP contribution in [0.2, 0.25) is 0 Å². The van der Waals surface area contributed by atoms with Gasteiger partial charge in [-0.3, -0.25) is 15.0 Å². The topological polar surface area (TPSA) is 54.5 Å². The van der Waals surface area contributed by atoms with Gasteiger partial charge in [0.05, 0.1) is 18.9 Å². The highest BCUT2D eigenvalue weighted by molar-refractivity contribution is 7.13. The Balaban J connectivity index is 1.38. The molecule has 0 atom stereocenters. The molecule has 138 valence electrons. The smallest absolute Gasteiger partial charge is 0.250 e. The van der Waals surface area contributed by atoms with Gasteiger partial charge in [0.15, 0.2) is 5.13 Å². The predicted molar refractivity (Wildman–Crippen MR) is 110 cm³/mol. The van der Waals surface area contributed by atoms with Gasteiger partial charge in [-0.1, -0.05) is 42.5 Å². The zero-order valence-electron chi connectivity index (χ0n) is 14.9. The highest BCUT2D eigenvalue weighted by atomic mass is 32.1. The number of benzene rings is 2. The summed E-state index contributed by atoms with van der Waals surface area (Å²) in [7, 11) is 0. The van der Waals surface area contributed by atoms with E-state index in [4.69, 9.17) is 4.74 Å². The van der Waals surface area contributed by atoms with Crippen LogP contribution < -0.4 is 5.32 Å². The molecule has 4 rings (SSSR count). The van der Waals surface area contributed by atoms with Gasteiger partial charge in [-0.15, -0.1) is 11.3 Å². The minimum Gasteiger partial charge on any atom is -0.379 e. The van der Waals surface area contributed by atoms with Gasteiger partial charge in [0.1, 0.15) is 0 Å². The van der Waals surface area contributed by atoms with E-state index in [1.165, 1.54) is 11.3 Å². The van der Waals surface area contributed by atoms with E-state index in [9.17, 15) is 4.79 Å². The van der Waals surface area contributed by atoms with Gasteiger partial charge >= 0.3 is 0 Å². The molecule has 1 aromatic heterocycles. The first kappa shape index (κ1) is 17.9. The second-order valence-electron chi connectivity index (χ2n) is 6.42. The number of ether oxygens (including phenoxy) is 1. The summed E-state index contributed by atoms with van der Waals surface area (Å²) >= 11 is 1.46. The molecule has 3 aromatic rings. The second kappa shape index (κ2) is 8.43. The normalized spacial score (nSPS) is 15.4. The molecule has 0 spiro atoms. The fraction of sp³-hybridized carbons (Fsp3) is 0.238. The van der Waals surface area contributed by atoms with Crippen molar-refractivity contribution in [1.82, 2.24) is 9.88 Å². The van der Waals surface area contributed by atoms with Crippen molar-refractivity contribution in [3.05, 3.63) is 65.2 Å². The first-order valence-corrected chi connectivity index (χ1v) is 9.87. The van der Waals surface area contributed by atoms with Crippen LogP contribution in [0.25, 0.3) is 16.8 Å². The summed E-state index contributed by atoms with van der Waals surface area (Å²) in [6, 6.07) is 14.2. The van der Waals surface area contributed by atoms with Crippen molar-refractivity contribution in [2.75, 3.05) is 31.6 Å². The summed E-state index contributed by atoms with van der Waals surface area (Å²) in [5, 5.41) is 7.78. The number of aromatic nitrogens is 1. The summed E-state index contributed by atoms with van der Waals surface area (Å²) in [5.41, 5.74) is 2.01. The standard InChI is InChI=1S/C21H21N3O2S/c25-20(9-8-17-6-3-5-16-4-1-2-7-19(16)17)23-21-22-18(15-27-21)14-24-10-12-26-13-11-24/h1-9,15H,10-14H2,(H,22,23,25). The Morgan fingerprint density at radius 1 is 1.19 bits per heavy atom. The van der Waals surface area contributed by atoms with Gasteiger partial charge in [-0.05, 0) is 22.4 Å². The van der Waals surface area contributed by atoms with Crippen LogP contribution in [-0.2, 0) is 16.1 Å². The van der Waals surface area contributed by atoms with Crippen LogP contribution in [0.5, 0.6) is 0 Å². The molecule has 1 aliphatic rings. The Morgan fingerprint density at radius 2 is 2.00 bits per heavy atom. The Morgan fingerprint density at radius 3 is 2.89 bits per heavy atom. The van der Waals surface area contributed by atoms with Crippen molar-refractivity contribution in [1.29, 1.82) is 0 Å². The molecule has 6 heteroatoms. The molecule has 1 saturated heterocycles. The summed E-state index contributed by atoms with van der Waals surface area (Å²) < 4.78 is 5.36. The van der Waals surface area contributed by atoms with Crippen molar-refractivity contribution in [3.63, 3.8) is 0 Å². The zero-order chi connectivity index (χ0) is 18.5. The van der Waals surface area contributed by atoms with Gasteiger partial charge in [-0.2, -0.15) is 0 Å². The summed E-state index contributed by atoms with van der Waals surface area (Å²) in [6.07, 6.45) is 3.41. The Hall–Kier alpha value is -2.54. The number of amides is 1. The van der Waals surface area contributed by atoms with Gasteiger partial charge in [-0.25, -0.2) is 4.98 Å². The number of thiazole rings is 1. The minimum atomic E-state index is -0.171. The average molecular weight is 379 g/mol. The van der Waals surface area contributed by atoms with E-state index in [-0.39, 0.29) is 5.91 Å². The fourth-order valence-corrected chi connectivity index (χ4v) is 3.84. The van der Waals surface area contributed by atoms with E-state index in [0.717, 1.165) is 54.9 Å². The molecule has 0 unspecified atom stereocenters. The number of rotatable bonds is 5. The van der Waals surface area contributed by atoms with Crippen LogP contribution in [0, 0.1) is 0 Å². The lowest BCUT2D eigenvalue weighted by molar-refractivity contribution is -0.111. The number of carbonyl (C=O) groups is 1. The molecule has 0 bridgehead atoms. The largest absolute Gasteiger partial charge is 0.379 e. The SMILES string of the molecule is O=C(C=Cc1cccc2ccccc12)Nc1nc(CN2CCOCC2)cs1. The fourth-order valence-electron chi connectivity index (χ4n) is 3.13. The van der Waals surface area contributed by atoms with Gasteiger partial charge in [0.25, 0.3) is 0 Å². The highest BCUT2D eigenvalue weighted by Gasteiger charge is 2.13. The molecule has 2 heterocycles. The molecule has 0 aliphatic carbocycles. The summed E-state index contributed by atoms with van der Waals surface area (Å²) in [4.78, 5) is 19.1. The molecule has 1 aliphatic heterocycles. The van der Waals surface area contributed by atoms with Gasteiger partial charge in [0.2, 0.25) is 5.91 Å². The van der Waals surface area contributed by atoms with E-state index in [2.05, 4.69) is 33.4 Å². The van der Waals surface area contributed by atoms with E-state index in [1.54, 1.807) is 6.08 Å². The molecule has 1 N–H and O–H groups in total. The molecule has 1 amide bonds. The van der Waals surface area contributed by atoms with E-state index < -0.39 is 0 Å². The maximum atomic E-state index is 12.3. The first-order valence-electron chi connectivity index (χ1n) is 8.99.